The molecule has 0 bridgehead atoms. The van der Waals surface area contributed by atoms with Crippen molar-refractivity contribution in [2.45, 2.75) is 0 Å². The van der Waals surface area contributed by atoms with Gasteiger partial charge in [0.1, 0.15) is 11.3 Å². The SMILES string of the molecule is O=C(COC(=O)c1cc2ccccc2cc1O)Nc1nc(-c2ccccc2Cl)cs1. The number of carbonyl (C=O) groups excluding carboxylic acids is 2. The summed E-state index contributed by atoms with van der Waals surface area (Å²) in [4.78, 5) is 28.8. The normalized spacial score (nSPS) is 10.7. The van der Waals surface area contributed by atoms with E-state index in [0.29, 0.717) is 15.8 Å². The molecule has 1 heterocycles. The van der Waals surface area contributed by atoms with Gasteiger partial charge in [0.05, 0.1) is 5.69 Å². The number of hydrogen-bond acceptors (Lipinski definition) is 6. The van der Waals surface area contributed by atoms with Gasteiger partial charge in [-0.1, -0.05) is 54.1 Å². The summed E-state index contributed by atoms with van der Waals surface area (Å²) < 4.78 is 5.05. The van der Waals surface area contributed by atoms with Crippen LogP contribution in [0.1, 0.15) is 10.4 Å². The Morgan fingerprint density at radius 2 is 1.77 bits per heavy atom. The van der Waals surface area contributed by atoms with Gasteiger partial charge in [0.15, 0.2) is 11.7 Å². The summed E-state index contributed by atoms with van der Waals surface area (Å²) in [6.07, 6.45) is 0. The summed E-state index contributed by atoms with van der Waals surface area (Å²) in [5.41, 5.74) is 1.39. The first-order valence-electron chi connectivity index (χ1n) is 8.90. The van der Waals surface area contributed by atoms with Crippen molar-refractivity contribution in [2.24, 2.45) is 0 Å². The maximum Gasteiger partial charge on any atom is 0.342 e. The van der Waals surface area contributed by atoms with E-state index >= 15 is 0 Å². The second-order valence-electron chi connectivity index (χ2n) is 6.36. The molecular weight excluding hydrogens is 424 g/mol. The summed E-state index contributed by atoms with van der Waals surface area (Å²) >= 11 is 7.40. The molecule has 0 radical (unpaired) electrons. The van der Waals surface area contributed by atoms with E-state index in [1.54, 1.807) is 11.4 Å². The summed E-state index contributed by atoms with van der Waals surface area (Å²) in [6.45, 7) is -0.508. The molecule has 0 aliphatic heterocycles. The van der Waals surface area contributed by atoms with Crippen LogP contribution in [0.4, 0.5) is 5.13 Å². The highest BCUT2D eigenvalue weighted by Gasteiger charge is 2.16. The van der Waals surface area contributed by atoms with Crippen molar-refractivity contribution >= 4 is 50.7 Å². The molecule has 0 aliphatic rings. The van der Waals surface area contributed by atoms with Gasteiger partial charge in [-0.05, 0) is 29.0 Å². The Hall–Kier alpha value is -3.42. The van der Waals surface area contributed by atoms with Gasteiger partial charge in [0.2, 0.25) is 0 Å². The zero-order valence-electron chi connectivity index (χ0n) is 15.5. The Morgan fingerprint density at radius 3 is 2.53 bits per heavy atom. The van der Waals surface area contributed by atoms with Crippen molar-refractivity contribution in [3.05, 3.63) is 76.6 Å². The van der Waals surface area contributed by atoms with E-state index in [9.17, 15) is 14.7 Å². The average molecular weight is 439 g/mol. The number of halogens is 1. The lowest BCUT2D eigenvalue weighted by molar-refractivity contribution is -0.119. The van der Waals surface area contributed by atoms with E-state index in [2.05, 4.69) is 10.3 Å². The molecule has 2 N–H and O–H groups in total. The summed E-state index contributed by atoms with van der Waals surface area (Å²) in [6, 6.07) is 17.6. The van der Waals surface area contributed by atoms with E-state index in [-0.39, 0.29) is 11.3 Å². The first kappa shape index (κ1) is 19.9. The maximum atomic E-state index is 12.3. The molecule has 6 nitrogen and oxygen atoms in total. The second kappa shape index (κ2) is 8.52. The van der Waals surface area contributed by atoms with Gasteiger partial charge in [-0.2, -0.15) is 0 Å². The minimum atomic E-state index is -0.788. The van der Waals surface area contributed by atoms with Crippen LogP contribution in [0.3, 0.4) is 0 Å². The Morgan fingerprint density at radius 1 is 1.07 bits per heavy atom. The standard InChI is InChI=1S/C22H15ClN2O4S/c23-17-8-4-3-7-15(17)18-12-30-22(24-18)25-20(27)11-29-21(28)16-9-13-5-1-2-6-14(13)10-19(16)26/h1-10,12,26H,11H2,(H,24,25,27). The number of carbonyl (C=O) groups is 2. The Kier molecular flexibility index (Phi) is 5.65. The van der Waals surface area contributed by atoms with Gasteiger partial charge in [0.25, 0.3) is 5.91 Å². The number of thiazole rings is 1. The summed E-state index contributed by atoms with van der Waals surface area (Å²) in [5.74, 6) is -1.53. The first-order valence-corrected chi connectivity index (χ1v) is 10.2. The number of rotatable bonds is 5. The van der Waals surface area contributed by atoms with E-state index in [4.69, 9.17) is 16.3 Å². The highest BCUT2D eigenvalue weighted by atomic mass is 35.5. The van der Waals surface area contributed by atoms with E-state index in [0.717, 1.165) is 16.3 Å². The van der Waals surface area contributed by atoms with E-state index < -0.39 is 18.5 Å². The lowest BCUT2D eigenvalue weighted by Gasteiger charge is -2.08. The molecule has 0 aliphatic carbocycles. The summed E-state index contributed by atoms with van der Waals surface area (Å²) in [7, 11) is 0. The van der Waals surface area contributed by atoms with E-state index in [1.165, 1.54) is 23.5 Å². The molecule has 0 fully saturated rings. The Labute approximate surface area is 180 Å². The number of ether oxygens (including phenoxy) is 1. The first-order chi connectivity index (χ1) is 14.5. The Bertz CT molecular complexity index is 1250. The lowest BCUT2D eigenvalue weighted by Crippen LogP contribution is -2.20. The molecule has 4 aromatic rings. The van der Waals surface area contributed by atoms with Crippen molar-refractivity contribution < 1.29 is 19.4 Å². The number of fused-ring (bicyclic) bond motifs is 1. The molecule has 0 saturated heterocycles. The fourth-order valence-electron chi connectivity index (χ4n) is 2.88. The van der Waals surface area contributed by atoms with Gasteiger partial charge >= 0.3 is 5.97 Å². The molecule has 0 unspecified atom stereocenters. The fraction of sp³-hybridized carbons (Fsp3) is 0.0455. The third-order valence-corrected chi connectivity index (χ3v) is 5.41. The number of anilines is 1. The smallest absolute Gasteiger partial charge is 0.342 e. The molecule has 1 aromatic heterocycles. The number of aromatic nitrogens is 1. The van der Waals surface area contributed by atoms with Crippen molar-refractivity contribution in [1.29, 1.82) is 0 Å². The van der Waals surface area contributed by atoms with Crippen LogP contribution in [0.15, 0.2) is 66.0 Å². The van der Waals surface area contributed by atoms with Crippen molar-refractivity contribution in [3.8, 4) is 17.0 Å². The molecular formula is C22H15ClN2O4S. The van der Waals surface area contributed by atoms with Crippen molar-refractivity contribution in [1.82, 2.24) is 4.98 Å². The molecule has 0 spiro atoms. The van der Waals surface area contributed by atoms with Crippen LogP contribution in [0.5, 0.6) is 5.75 Å². The number of phenols is 1. The van der Waals surface area contributed by atoms with Crippen LogP contribution < -0.4 is 5.32 Å². The predicted molar refractivity (Wildman–Crippen MR) is 117 cm³/mol. The molecule has 1 amide bonds. The zero-order chi connectivity index (χ0) is 21.1. The monoisotopic (exact) mass is 438 g/mol. The van der Waals surface area contributed by atoms with Crippen LogP contribution >= 0.6 is 22.9 Å². The molecule has 30 heavy (non-hydrogen) atoms. The number of aromatic hydroxyl groups is 1. The van der Waals surface area contributed by atoms with Gasteiger partial charge in [-0.3, -0.25) is 10.1 Å². The number of phenolic OH excluding ortho intramolecular Hbond substituents is 1. The van der Waals surface area contributed by atoms with Crippen molar-refractivity contribution in [3.63, 3.8) is 0 Å². The third kappa shape index (κ3) is 4.27. The Balaban J connectivity index is 1.39. The number of nitrogens with one attached hydrogen (secondary N) is 1. The highest BCUT2D eigenvalue weighted by molar-refractivity contribution is 7.14. The van der Waals surface area contributed by atoms with E-state index in [1.807, 2.05) is 42.5 Å². The topological polar surface area (TPSA) is 88.5 Å². The van der Waals surface area contributed by atoms with Gasteiger partial charge < -0.3 is 9.84 Å². The van der Waals surface area contributed by atoms with Gasteiger partial charge in [-0.25, -0.2) is 9.78 Å². The molecule has 4 rings (SSSR count). The number of esters is 1. The largest absolute Gasteiger partial charge is 0.507 e. The van der Waals surface area contributed by atoms with Gasteiger partial charge in [-0.15, -0.1) is 11.3 Å². The number of nitrogens with zero attached hydrogens (tertiary/aromatic N) is 1. The van der Waals surface area contributed by atoms with Crippen LogP contribution in [-0.4, -0.2) is 28.6 Å². The quantitative estimate of drug-likeness (QED) is 0.422. The van der Waals surface area contributed by atoms with Gasteiger partial charge in [0, 0.05) is 16.0 Å². The molecule has 8 heteroatoms. The molecule has 150 valence electrons. The zero-order valence-corrected chi connectivity index (χ0v) is 17.0. The average Bonchev–Trinajstić information content (AvgIpc) is 3.20. The fourth-order valence-corrected chi connectivity index (χ4v) is 3.84. The predicted octanol–water partition coefficient (Wildman–Crippen LogP) is 5.12. The van der Waals surface area contributed by atoms with Crippen LogP contribution in [0.25, 0.3) is 22.0 Å². The molecule has 3 aromatic carbocycles. The minimum Gasteiger partial charge on any atom is -0.507 e. The van der Waals surface area contributed by atoms with Crippen LogP contribution in [0, 0.1) is 0 Å². The highest BCUT2D eigenvalue weighted by Crippen LogP contribution is 2.30. The summed E-state index contributed by atoms with van der Waals surface area (Å²) in [5, 5.41) is 16.9. The number of hydrogen-bond donors (Lipinski definition) is 2. The maximum absolute atomic E-state index is 12.3. The molecule has 0 saturated carbocycles. The number of amides is 1. The third-order valence-electron chi connectivity index (χ3n) is 4.32. The minimum absolute atomic E-state index is 0.00301. The number of benzene rings is 3. The van der Waals surface area contributed by atoms with Crippen LogP contribution in [-0.2, 0) is 9.53 Å². The van der Waals surface area contributed by atoms with Crippen LogP contribution in [0.2, 0.25) is 5.02 Å². The second-order valence-corrected chi connectivity index (χ2v) is 7.62. The van der Waals surface area contributed by atoms with Crippen molar-refractivity contribution in [2.75, 3.05) is 11.9 Å². The lowest BCUT2D eigenvalue weighted by atomic mass is 10.1. The molecule has 0 atom stereocenters.